The Hall–Kier alpha value is -0.840. The Morgan fingerprint density at radius 2 is 2.26 bits per heavy atom. The molecule has 0 aliphatic carbocycles. The fraction of sp³-hybridized carbons (Fsp3) is 0.733. The van der Waals surface area contributed by atoms with Crippen LogP contribution in [0.15, 0.2) is 22.8 Å². The van der Waals surface area contributed by atoms with Crippen molar-refractivity contribution in [1.29, 1.82) is 0 Å². The zero-order chi connectivity index (χ0) is 13.9. The second-order valence-corrected chi connectivity index (χ2v) is 6.44. The van der Waals surface area contributed by atoms with Crippen LogP contribution in [-0.2, 0) is 6.54 Å². The average Bonchev–Trinajstić information content (AvgIpc) is 2.75. The molecule has 0 aromatic carbocycles. The number of rotatable bonds is 4. The molecule has 1 aromatic heterocycles. The summed E-state index contributed by atoms with van der Waals surface area (Å²) in [6, 6.07) is 4.55. The minimum Gasteiger partial charge on any atom is -0.468 e. The monoisotopic (exact) mass is 265 g/mol. The molecule has 0 radical (unpaired) electrons. The molecule has 4 nitrogen and oxygen atoms in total. The number of hydrogen-bond donors (Lipinski definition) is 1. The first-order valence-electron chi connectivity index (χ1n) is 7.13. The van der Waals surface area contributed by atoms with Crippen LogP contribution in [-0.4, -0.2) is 55.1 Å². The Bertz CT molecular complexity index is 373. The van der Waals surface area contributed by atoms with E-state index in [1.54, 1.807) is 6.26 Å². The van der Waals surface area contributed by atoms with Crippen molar-refractivity contribution in [2.45, 2.75) is 38.4 Å². The number of likely N-dealkylation sites (N-methyl/N-ethyl adjacent to an activating group) is 1. The lowest BCUT2D eigenvalue weighted by atomic mass is 9.98. The first-order chi connectivity index (χ1) is 8.97. The predicted octanol–water partition coefficient (Wildman–Crippen LogP) is 1.78. The summed E-state index contributed by atoms with van der Waals surface area (Å²) >= 11 is 0. The van der Waals surface area contributed by atoms with Gasteiger partial charge in [-0.05, 0) is 53.0 Å². The summed E-state index contributed by atoms with van der Waals surface area (Å²) in [4.78, 5) is 4.79. The molecule has 19 heavy (non-hydrogen) atoms. The summed E-state index contributed by atoms with van der Waals surface area (Å²) in [5.74, 6) is 1.05. The fourth-order valence-corrected chi connectivity index (χ4v) is 2.75. The molecular weight excluding hydrogens is 238 g/mol. The Kier molecular flexibility index (Phi) is 4.66. The average molecular weight is 265 g/mol. The van der Waals surface area contributed by atoms with Gasteiger partial charge in [0, 0.05) is 24.7 Å². The van der Waals surface area contributed by atoms with Crippen molar-refractivity contribution in [2.75, 3.05) is 33.7 Å². The van der Waals surface area contributed by atoms with Crippen molar-refractivity contribution in [3.63, 3.8) is 0 Å². The molecule has 1 aliphatic heterocycles. The summed E-state index contributed by atoms with van der Waals surface area (Å²) in [7, 11) is 4.27. The van der Waals surface area contributed by atoms with Gasteiger partial charge in [-0.3, -0.25) is 4.90 Å². The molecule has 0 amide bonds. The topological polar surface area (TPSA) is 31.6 Å². The van der Waals surface area contributed by atoms with Crippen LogP contribution in [0.4, 0.5) is 0 Å². The molecule has 2 heterocycles. The number of nitrogens with one attached hydrogen (secondary N) is 1. The third-order valence-electron chi connectivity index (χ3n) is 3.98. The predicted molar refractivity (Wildman–Crippen MR) is 78.2 cm³/mol. The van der Waals surface area contributed by atoms with Crippen molar-refractivity contribution < 1.29 is 4.42 Å². The van der Waals surface area contributed by atoms with Crippen LogP contribution in [0.5, 0.6) is 0 Å². The van der Waals surface area contributed by atoms with E-state index >= 15 is 0 Å². The highest BCUT2D eigenvalue weighted by molar-refractivity contribution is 5.01. The number of nitrogens with zero attached hydrogens (tertiary/aromatic N) is 2. The van der Waals surface area contributed by atoms with Crippen molar-refractivity contribution in [1.82, 2.24) is 15.1 Å². The number of hydrogen-bond acceptors (Lipinski definition) is 4. The van der Waals surface area contributed by atoms with Gasteiger partial charge < -0.3 is 14.6 Å². The molecular formula is C15H27N3O. The minimum absolute atomic E-state index is 0.209. The van der Waals surface area contributed by atoms with Gasteiger partial charge in [-0.1, -0.05) is 0 Å². The van der Waals surface area contributed by atoms with E-state index in [1.807, 2.05) is 6.07 Å². The van der Waals surface area contributed by atoms with Crippen LogP contribution < -0.4 is 5.32 Å². The molecule has 1 saturated heterocycles. The Labute approximate surface area is 116 Å². The lowest BCUT2D eigenvalue weighted by molar-refractivity contribution is 0.0982. The van der Waals surface area contributed by atoms with Crippen molar-refractivity contribution in [3.05, 3.63) is 24.2 Å². The van der Waals surface area contributed by atoms with Crippen molar-refractivity contribution in [3.8, 4) is 0 Å². The fourth-order valence-electron chi connectivity index (χ4n) is 2.75. The highest BCUT2D eigenvalue weighted by atomic mass is 16.3. The van der Waals surface area contributed by atoms with E-state index in [0.717, 1.165) is 38.4 Å². The Morgan fingerprint density at radius 3 is 2.89 bits per heavy atom. The first-order valence-corrected chi connectivity index (χ1v) is 7.13. The van der Waals surface area contributed by atoms with E-state index in [9.17, 15) is 0 Å². The largest absolute Gasteiger partial charge is 0.468 e. The SMILES string of the molecule is CN(C)CC1CN(Cc2ccco2)C(C)(C)CCN1. The molecule has 1 aliphatic rings. The molecule has 0 saturated carbocycles. The maximum Gasteiger partial charge on any atom is 0.117 e. The molecule has 1 atom stereocenters. The zero-order valence-electron chi connectivity index (χ0n) is 12.6. The second-order valence-electron chi connectivity index (χ2n) is 6.44. The van der Waals surface area contributed by atoms with E-state index in [2.05, 4.69) is 49.1 Å². The maximum absolute atomic E-state index is 5.51. The van der Waals surface area contributed by atoms with Gasteiger partial charge >= 0.3 is 0 Å². The normalized spacial score (nSPS) is 24.6. The Balaban J connectivity index is 2.06. The van der Waals surface area contributed by atoms with Crippen LogP contribution in [0.1, 0.15) is 26.0 Å². The van der Waals surface area contributed by atoms with Crippen molar-refractivity contribution in [2.24, 2.45) is 0 Å². The molecule has 4 heteroatoms. The van der Waals surface area contributed by atoms with Gasteiger partial charge in [-0.2, -0.15) is 0 Å². The van der Waals surface area contributed by atoms with Crippen LogP contribution in [0.2, 0.25) is 0 Å². The third-order valence-corrected chi connectivity index (χ3v) is 3.98. The lowest BCUT2D eigenvalue weighted by Crippen LogP contribution is -2.48. The summed E-state index contributed by atoms with van der Waals surface area (Å²) in [6.07, 6.45) is 2.92. The van der Waals surface area contributed by atoms with Crippen LogP contribution in [0.25, 0.3) is 0 Å². The van der Waals surface area contributed by atoms with Crippen LogP contribution >= 0.6 is 0 Å². The third kappa shape index (κ3) is 4.06. The van der Waals surface area contributed by atoms with E-state index in [1.165, 1.54) is 0 Å². The van der Waals surface area contributed by atoms with E-state index in [4.69, 9.17) is 4.42 Å². The van der Waals surface area contributed by atoms with E-state index in [-0.39, 0.29) is 5.54 Å². The quantitative estimate of drug-likeness (QED) is 0.899. The minimum atomic E-state index is 0.209. The lowest BCUT2D eigenvalue weighted by Gasteiger charge is -2.37. The van der Waals surface area contributed by atoms with Gasteiger partial charge in [0.05, 0.1) is 12.8 Å². The van der Waals surface area contributed by atoms with Crippen LogP contribution in [0.3, 0.4) is 0 Å². The molecule has 1 unspecified atom stereocenters. The highest BCUT2D eigenvalue weighted by Crippen LogP contribution is 2.24. The van der Waals surface area contributed by atoms with Gasteiger partial charge in [-0.25, -0.2) is 0 Å². The summed E-state index contributed by atoms with van der Waals surface area (Å²) in [5, 5.41) is 3.66. The molecule has 2 rings (SSSR count). The van der Waals surface area contributed by atoms with Crippen molar-refractivity contribution >= 4 is 0 Å². The van der Waals surface area contributed by atoms with Gasteiger partial charge in [-0.15, -0.1) is 0 Å². The number of furan rings is 1. The van der Waals surface area contributed by atoms with E-state index < -0.39 is 0 Å². The van der Waals surface area contributed by atoms with Gasteiger partial charge in [0.15, 0.2) is 0 Å². The van der Waals surface area contributed by atoms with Gasteiger partial charge in [0.1, 0.15) is 5.76 Å². The maximum atomic E-state index is 5.51. The summed E-state index contributed by atoms with van der Waals surface area (Å²) in [6.45, 7) is 8.77. The molecule has 1 N–H and O–H groups in total. The smallest absolute Gasteiger partial charge is 0.117 e. The second kappa shape index (κ2) is 6.07. The molecule has 0 bridgehead atoms. The zero-order valence-corrected chi connectivity index (χ0v) is 12.6. The van der Waals surface area contributed by atoms with Crippen LogP contribution in [0, 0.1) is 0 Å². The van der Waals surface area contributed by atoms with Gasteiger partial charge in [0.25, 0.3) is 0 Å². The summed E-state index contributed by atoms with van der Waals surface area (Å²) < 4.78 is 5.51. The summed E-state index contributed by atoms with van der Waals surface area (Å²) in [5.41, 5.74) is 0.209. The van der Waals surface area contributed by atoms with E-state index in [0.29, 0.717) is 6.04 Å². The molecule has 108 valence electrons. The molecule has 1 aromatic rings. The first kappa shape index (κ1) is 14.6. The standard InChI is InChI=1S/C15H27N3O/c1-15(2)7-8-16-13(10-17(3)4)11-18(15)12-14-6-5-9-19-14/h5-6,9,13,16H,7-8,10-12H2,1-4H3. The van der Waals surface area contributed by atoms with Gasteiger partial charge in [0.2, 0.25) is 0 Å². The Morgan fingerprint density at radius 1 is 1.47 bits per heavy atom. The highest BCUT2D eigenvalue weighted by Gasteiger charge is 2.32. The molecule has 1 fully saturated rings. The molecule has 0 spiro atoms.